The predicted octanol–water partition coefficient (Wildman–Crippen LogP) is 5.63. The van der Waals surface area contributed by atoms with Crippen molar-refractivity contribution in [3.05, 3.63) is 59.7 Å². The van der Waals surface area contributed by atoms with Gasteiger partial charge in [0.05, 0.1) is 17.9 Å². The fraction of sp³-hybridized carbons (Fsp3) is 0.278. The number of aliphatic imine (C=N–C) groups is 1. The first-order chi connectivity index (χ1) is 11.0. The summed E-state index contributed by atoms with van der Waals surface area (Å²) in [6.07, 6.45) is -0.622. The fourth-order valence-electron chi connectivity index (χ4n) is 1.87. The molecule has 0 aliphatic rings. The molecule has 0 aromatic heterocycles. The van der Waals surface area contributed by atoms with Gasteiger partial charge in [0.1, 0.15) is 5.75 Å². The Morgan fingerprint density at radius 3 is 2.22 bits per heavy atom. The van der Waals surface area contributed by atoms with E-state index in [4.69, 9.17) is 4.74 Å². The minimum absolute atomic E-state index is 0.473. The number of hydrogen-bond donors (Lipinski definition) is 0. The number of halogens is 3. The molecule has 0 amide bonds. The van der Waals surface area contributed by atoms with Gasteiger partial charge in [-0.05, 0) is 60.5 Å². The van der Waals surface area contributed by atoms with Crippen molar-refractivity contribution in [3.63, 3.8) is 0 Å². The van der Waals surface area contributed by atoms with Crippen molar-refractivity contribution in [2.75, 3.05) is 6.61 Å². The van der Waals surface area contributed by atoms with Crippen LogP contribution in [0.15, 0.2) is 53.5 Å². The summed E-state index contributed by atoms with van der Waals surface area (Å²) in [6.45, 7) is 2.79. The van der Waals surface area contributed by atoms with E-state index in [1.54, 1.807) is 6.21 Å². The van der Waals surface area contributed by atoms with E-state index in [0.717, 1.165) is 36.3 Å². The van der Waals surface area contributed by atoms with E-state index in [2.05, 4.69) is 11.9 Å². The number of alkyl halides is 3. The molecule has 122 valence electrons. The Labute approximate surface area is 133 Å². The smallest absolute Gasteiger partial charge is 0.416 e. The number of nitrogens with zero attached hydrogens (tertiary/aromatic N) is 1. The van der Waals surface area contributed by atoms with Gasteiger partial charge in [-0.25, -0.2) is 0 Å². The van der Waals surface area contributed by atoms with E-state index < -0.39 is 11.7 Å². The highest BCUT2D eigenvalue weighted by Crippen LogP contribution is 2.30. The second-order valence-corrected chi connectivity index (χ2v) is 5.07. The molecule has 0 fully saturated rings. The van der Waals surface area contributed by atoms with Crippen molar-refractivity contribution in [3.8, 4) is 5.75 Å². The van der Waals surface area contributed by atoms with E-state index in [-0.39, 0.29) is 0 Å². The topological polar surface area (TPSA) is 21.6 Å². The van der Waals surface area contributed by atoms with Gasteiger partial charge in [-0.15, -0.1) is 0 Å². The highest BCUT2D eigenvalue weighted by Gasteiger charge is 2.29. The Kier molecular flexibility index (Phi) is 5.79. The SMILES string of the molecule is CCCCOc1ccc(C=Nc2ccc(C(F)(F)F)cc2)cc1. The van der Waals surface area contributed by atoms with Crippen LogP contribution in [-0.4, -0.2) is 12.8 Å². The van der Waals surface area contributed by atoms with Gasteiger partial charge < -0.3 is 4.74 Å². The van der Waals surface area contributed by atoms with Crippen molar-refractivity contribution in [2.45, 2.75) is 25.9 Å². The molecule has 0 aliphatic carbocycles. The first kappa shape index (κ1) is 17.1. The summed E-state index contributed by atoms with van der Waals surface area (Å²) in [5.74, 6) is 0.796. The summed E-state index contributed by atoms with van der Waals surface area (Å²) in [5, 5.41) is 0. The molecule has 0 aliphatic heterocycles. The second-order valence-electron chi connectivity index (χ2n) is 5.07. The highest BCUT2D eigenvalue weighted by atomic mass is 19.4. The first-order valence-corrected chi connectivity index (χ1v) is 7.43. The fourth-order valence-corrected chi connectivity index (χ4v) is 1.87. The Morgan fingerprint density at radius 1 is 1.00 bits per heavy atom. The molecular formula is C18H18F3NO. The summed E-state index contributed by atoms with van der Waals surface area (Å²) < 4.78 is 43.0. The summed E-state index contributed by atoms with van der Waals surface area (Å²) in [7, 11) is 0. The molecule has 0 bridgehead atoms. The number of unbranched alkanes of at least 4 members (excludes halogenated alkanes) is 1. The van der Waals surface area contributed by atoms with Crippen LogP contribution in [0.25, 0.3) is 0 Å². The van der Waals surface area contributed by atoms with E-state index in [1.807, 2.05) is 24.3 Å². The molecule has 5 heteroatoms. The third-order valence-corrected chi connectivity index (χ3v) is 3.20. The second kappa shape index (κ2) is 7.81. The van der Waals surface area contributed by atoms with Crippen LogP contribution in [0, 0.1) is 0 Å². The molecule has 0 saturated carbocycles. The average Bonchev–Trinajstić information content (AvgIpc) is 2.54. The molecule has 2 aromatic carbocycles. The molecule has 0 spiro atoms. The van der Waals surface area contributed by atoms with Crippen LogP contribution in [0.4, 0.5) is 18.9 Å². The minimum atomic E-state index is -4.32. The molecule has 0 radical (unpaired) electrons. The maximum Gasteiger partial charge on any atom is 0.416 e. The van der Waals surface area contributed by atoms with Gasteiger partial charge >= 0.3 is 6.18 Å². The summed E-state index contributed by atoms with van der Waals surface area (Å²) >= 11 is 0. The molecule has 0 atom stereocenters. The molecule has 2 aromatic rings. The zero-order valence-corrected chi connectivity index (χ0v) is 12.8. The number of benzene rings is 2. The summed E-state index contributed by atoms with van der Waals surface area (Å²) in [5.41, 5.74) is 0.652. The lowest BCUT2D eigenvalue weighted by molar-refractivity contribution is -0.137. The largest absolute Gasteiger partial charge is 0.494 e. The molecule has 0 heterocycles. The van der Waals surface area contributed by atoms with Crippen molar-refractivity contribution in [1.29, 1.82) is 0 Å². The number of ether oxygens (including phenoxy) is 1. The van der Waals surface area contributed by atoms with E-state index in [9.17, 15) is 13.2 Å². The first-order valence-electron chi connectivity index (χ1n) is 7.43. The lowest BCUT2D eigenvalue weighted by Gasteiger charge is -2.06. The Morgan fingerprint density at radius 2 is 1.65 bits per heavy atom. The molecule has 0 saturated heterocycles. The zero-order valence-electron chi connectivity index (χ0n) is 12.8. The van der Waals surface area contributed by atoms with Crippen molar-refractivity contribution >= 4 is 11.9 Å². The van der Waals surface area contributed by atoms with Crippen molar-refractivity contribution in [2.24, 2.45) is 4.99 Å². The van der Waals surface area contributed by atoms with Crippen molar-refractivity contribution in [1.82, 2.24) is 0 Å². The maximum absolute atomic E-state index is 12.5. The van der Waals surface area contributed by atoms with Gasteiger partial charge in [-0.2, -0.15) is 13.2 Å². The number of hydrogen-bond acceptors (Lipinski definition) is 2. The van der Waals surface area contributed by atoms with E-state index >= 15 is 0 Å². The van der Waals surface area contributed by atoms with E-state index in [1.165, 1.54) is 12.1 Å². The molecule has 0 N–H and O–H groups in total. The lowest BCUT2D eigenvalue weighted by Crippen LogP contribution is -2.03. The molecule has 23 heavy (non-hydrogen) atoms. The van der Waals surface area contributed by atoms with Crippen LogP contribution in [0.1, 0.15) is 30.9 Å². The zero-order chi connectivity index (χ0) is 16.7. The molecule has 2 rings (SSSR count). The third kappa shape index (κ3) is 5.43. The third-order valence-electron chi connectivity index (χ3n) is 3.20. The molecule has 2 nitrogen and oxygen atoms in total. The van der Waals surface area contributed by atoms with Gasteiger partial charge in [0.2, 0.25) is 0 Å². The van der Waals surface area contributed by atoms with Gasteiger partial charge in [0.25, 0.3) is 0 Å². The minimum Gasteiger partial charge on any atom is -0.494 e. The maximum atomic E-state index is 12.5. The highest BCUT2D eigenvalue weighted by molar-refractivity contribution is 5.82. The monoisotopic (exact) mass is 321 g/mol. The Hall–Kier alpha value is -2.30. The lowest BCUT2D eigenvalue weighted by atomic mass is 10.2. The van der Waals surface area contributed by atoms with Crippen LogP contribution in [0.5, 0.6) is 5.75 Å². The van der Waals surface area contributed by atoms with Gasteiger partial charge in [-0.1, -0.05) is 13.3 Å². The van der Waals surface area contributed by atoms with Crippen LogP contribution in [-0.2, 0) is 6.18 Å². The Bertz CT molecular complexity index is 631. The summed E-state index contributed by atoms with van der Waals surface area (Å²) in [4.78, 5) is 4.17. The normalized spacial score (nSPS) is 11.8. The van der Waals surface area contributed by atoms with Gasteiger partial charge in [0.15, 0.2) is 0 Å². The standard InChI is InChI=1S/C18H18F3NO/c1-2-3-12-23-17-10-4-14(5-11-17)13-22-16-8-6-15(7-9-16)18(19,20)21/h4-11,13H,2-3,12H2,1H3. The molecule has 0 unspecified atom stereocenters. The average molecular weight is 321 g/mol. The molecular weight excluding hydrogens is 303 g/mol. The van der Waals surface area contributed by atoms with Gasteiger partial charge in [0, 0.05) is 6.21 Å². The quantitative estimate of drug-likeness (QED) is 0.499. The van der Waals surface area contributed by atoms with Crippen molar-refractivity contribution < 1.29 is 17.9 Å². The predicted molar refractivity (Wildman–Crippen MR) is 85.5 cm³/mol. The summed E-state index contributed by atoms with van der Waals surface area (Å²) in [6, 6.07) is 12.2. The van der Waals surface area contributed by atoms with Crippen LogP contribution < -0.4 is 4.74 Å². The van der Waals surface area contributed by atoms with Gasteiger partial charge in [-0.3, -0.25) is 4.99 Å². The Balaban J connectivity index is 1.97. The number of rotatable bonds is 6. The van der Waals surface area contributed by atoms with Crippen LogP contribution in [0.2, 0.25) is 0 Å². The van der Waals surface area contributed by atoms with Crippen LogP contribution >= 0.6 is 0 Å². The van der Waals surface area contributed by atoms with Crippen LogP contribution in [0.3, 0.4) is 0 Å². The van der Waals surface area contributed by atoms with E-state index in [0.29, 0.717) is 12.3 Å².